The van der Waals surface area contributed by atoms with Crippen LogP contribution in [0, 0.1) is 11.8 Å². The van der Waals surface area contributed by atoms with Crippen molar-refractivity contribution < 1.29 is 9.59 Å². The Morgan fingerprint density at radius 2 is 1.44 bits per heavy atom. The molecule has 0 bridgehead atoms. The van der Waals surface area contributed by atoms with Gasteiger partial charge >= 0.3 is 6.03 Å². The highest BCUT2D eigenvalue weighted by atomic mass is 16.2. The Labute approximate surface area is 152 Å². The van der Waals surface area contributed by atoms with Crippen LogP contribution in [0.25, 0.3) is 0 Å². The Kier molecular flexibility index (Phi) is 6.60. The molecular formula is C20H35N3O2. The molecule has 2 N–H and O–H groups in total. The highest BCUT2D eigenvalue weighted by molar-refractivity contribution is 5.80. The molecule has 3 rings (SSSR count). The van der Waals surface area contributed by atoms with Gasteiger partial charge in [0, 0.05) is 31.1 Å². The van der Waals surface area contributed by atoms with Gasteiger partial charge in [0.1, 0.15) is 0 Å². The molecule has 0 radical (unpaired) electrons. The van der Waals surface area contributed by atoms with E-state index >= 15 is 0 Å². The van der Waals surface area contributed by atoms with Gasteiger partial charge in [-0.1, -0.05) is 39.0 Å². The number of piperidine rings is 1. The molecule has 5 nitrogen and oxygen atoms in total. The van der Waals surface area contributed by atoms with E-state index in [4.69, 9.17) is 0 Å². The van der Waals surface area contributed by atoms with Crippen LogP contribution >= 0.6 is 0 Å². The summed E-state index contributed by atoms with van der Waals surface area (Å²) in [6.45, 7) is 3.66. The standard InChI is InChI=1S/C20H35N3O2/c1-15-7-5-6-10-18(15)22-19(24)16-11-13-23(14-12-16)20(25)21-17-8-3-2-4-9-17/h15-18H,2-14H2,1H3,(H,21,25)(H,22,24)/t15-,18-/m0/s1. The second-order valence-electron chi connectivity index (χ2n) is 8.42. The predicted octanol–water partition coefficient (Wildman–Crippen LogP) is 3.44. The fourth-order valence-corrected chi connectivity index (χ4v) is 4.69. The maximum absolute atomic E-state index is 12.6. The van der Waals surface area contributed by atoms with E-state index in [0.717, 1.165) is 32.1 Å². The largest absolute Gasteiger partial charge is 0.353 e. The minimum Gasteiger partial charge on any atom is -0.353 e. The van der Waals surface area contributed by atoms with Crippen LogP contribution in [0.3, 0.4) is 0 Å². The lowest BCUT2D eigenvalue weighted by molar-refractivity contribution is -0.127. The first-order valence-electron chi connectivity index (χ1n) is 10.5. The summed E-state index contributed by atoms with van der Waals surface area (Å²) in [6.07, 6.45) is 12.5. The van der Waals surface area contributed by atoms with Crippen molar-refractivity contribution in [3.63, 3.8) is 0 Å². The molecule has 25 heavy (non-hydrogen) atoms. The summed E-state index contributed by atoms with van der Waals surface area (Å²) in [5, 5.41) is 6.48. The fourth-order valence-electron chi connectivity index (χ4n) is 4.69. The molecule has 0 spiro atoms. The van der Waals surface area contributed by atoms with Gasteiger partial charge < -0.3 is 15.5 Å². The molecule has 0 aromatic rings. The first kappa shape index (κ1) is 18.5. The summed E-state index contributed by atoms with van der Waals surface area (Å²) in [4.78, 5) is 26.9. The van der Waals surface area contributed by atoms with E-state index in [1.807, 2.05) is 4.90 Å². The number of carbonyl (C=O) groups excluding carboxylic acids is 2. The van der Waals surface area contributed by atoms with Crippen molar-refractivity contribution in [1.29, 1.82) is 0 Å². The van der Waals surface area contributed by atoms with E-state index < -0.39 is 0 Å². The highest BCUT2D eigenvalue weighted by Gasteiger charge is 2.31. The number of carbonyl (C=O) groups is 2. The second-order valence-corrected chi connectivity index (χ2v) is 8.42. The summed E-state index contributed by atoms with van der Waals surface area (Å²) >= 11 is 0. The highest BCUT2D eigenvalue weighted by Crippen LogP contribution is 2.25. The van der Waals surface area contributed by atoms with Crippen LogP contribution in [-0.2, 0) is 4.79 Å². The van der Waals surface area contributed by atoms with E-state index in [1.54, 1.807) is 0 Å². The molecule has 0 aromatic heterocycles. The van der Waals surface area contributed by atoms with Crippen LogP contribution in [0.2, 0.25) is 0 Å². The van der Waals surface area contributed by atoms with Gasteiger partial charge in [0.2, 0.25) is 5.91 Å². The van der Waals surface area contributed by atoms with E-state index in [1.165, 1.54) is 38.5 Å². The van der Waals surface area contributed by atoms with Gasteiger partial charge in [-0.15, -0.1) is 0 Å². The average molecular weight is 350 g/mol. The van der Waals surface area contributed by atoms with E-state index in [2.05, 4.69) is 17.6 Å². The lowest BCUT2D eigenvalue weighted by Crippen LogP contribution is -2.51. The second kappa shape index (κ2) is 8.91. The van der Waals surface area contributed by atoms with Crippen LogP contribution in [0.15, 0.2) is 0 Å². The molecule has 1 heterocycles. The molecule has 0 aromatic carbocycles. The number of rotatable bonds is 3. The van der Waals surface area contributed by atoms with Crippen LogP contribution in [0.5, 0.6) is 0 Å². The molecule has 3 amide bonds. The maximum Gasteiger partial charge on any atom is 0.317 e. The third-order valence-corrected chi connectivity index (χ3v) is 6.52. The smallest absolute Gasteiger partial charge is 0.317 e. The molecule has 0 unspecified atom stereocenters. The Morgan fingerprint density at radius 1 is 0.800 bits per heavy atom. The minimum absolute atomic E-state index is 0.0756. The maximum atomic E-state index is 12.6. The zero-order valence-electron chi connectivity index (χ0n) is 15.8. The molecule has 3 aliphatic rings. The Balaban J connectivity index is 1.40. The molecule has 3 fully saturated rings. The molecule has 1 saturated heterocycles. The summed E-state index contributed by atoms with van der Waals surface area (Å²) in [7, 11) is 0. The summed E-state index contributed by atoms with van der Waals surface area (Å²) in [5.41, 5.74) is 0. The van der Waals surface area contributed by atoms with Crippen LogP contribution in [-0.4, -0.2) is 42.0 Å². The lowest BCUT2D eigenvalue weighted by atomic mass is 9.85. The molecule has 142 valence electrons. The number of urea groups is 1. The first-order valence-corrected chi connectivity index (χ1v) is 10.5. The molecule has 2 aliphatic carbocycles. The van der Waals surface area contributed by atoms with Gasteiger partial charge in [-0.3, -0.25) is 4.79 Å². The third-order valence-electron chi connectivity index (χ3n) is 6.52. The van der Waals surface area contributed by atoms with Crippen molar-refractivity contribution in [3.05, 3.63) is 0 Å². The van der Waals surface area contributed by atoms with Gasteiger partial charge in [0.05, 0.1) is 0 Å². The van der Waals surface area contributed by atoms with Gasteiger partial charge in [-0.05, 0) is 44.4 Å². The van der Waals surface area contributed by atoms with Crippen LogP contribution in [0.4, 0.5) is 4.79 Å². The molecule has 1 aliphatic heterocycles. The van der Waals surface area contributed by atoms with E-state index in [0.29, 0.717) is 31.1 Å². The normalized spacial score (nSPS) is 29.2. The van der Waals surface area contributed by atoms with E-state index in [9.17, 15) is 9.59 Å². The first-order chi connectivity index (χ1) is 12.1. The lowest BCUT2D eigenvalue weighted by Gasteiger charge is -2.35. The fraction of sp³-hybridized carbons (Fsp3) is 0.900. The molecule has 2 atom stereocenters. The van der Waals surface area contributed by atoms with Gasteiger partial charge in [0.15, 0.2) is 0 Å². The molecule has 5 heteroatoms. The van der Waals surface area contributed by atoms with Gasteiger partial charge in [0.25, 0.3) is 0 Å². The topological polar surface area (TPSA) is 61.4 Å². The summed E-state index contributed by atoms with van der Waals surface area (Å²) in [5.74, 6) is 0.887. The molecular weight excluding hydrogens is 314 g/mol. The number of nitrogens with one attached hydrogen (secondary N) is 2. The minimum atomic E-state index is 0.0756. The van der Waals surface area contributed by atoms with Crippen molar-refractivity contribution in [1.82, 2.24) is 15.5 Å². The van der Waals surface area contributed by atoms with Crippen molar-refractivity contribution >= 4 is 11.9 Å². The predicted molar refractivity (Wildman–Crippen MR) is 99.3 cm³/mol. The third kappa shape index (κ3) is 5.11. The number of hydrogen-bond acceptors (Lipinski definition) is 2. The van der Waals surface area contributed by atoms with Gasteiger partial charge in [-0.25, -0.2) is 4.79 Å². The van der Waals surface area contributed by atoms with E-state index in [-0.39, 0.29) is 17.9 Å². The van der Waals surface area contributed by atoms with Gasteiger partial charge in [-0.2, -0.15) is 0 Å². The summed E-state index contributed by atoms with van der Waals surface area (Å²) in [6, 6.07) is 0.788. The van der Waals surface area contributed by atoms with Crippen LogP contribution < -0.4 is 10.6 Å². The van der Waals surface area contributed by atoms with Crippen molar-refractivity contribution in [2.75, 3.05) is 13.1 Å². The van der Waals surface area contributed by atoms with Crippen LogP contribution in [0.1, 0.15) is 77.6 Å². The monoisotopic (exact) mass is 349 g/mol. The number of amides is 3. The number of nitrogens with zero attached hydrogens (tertiary/aromatic N) is 1. The zero-order valence-corrected chi connectivity index (χ0v) is 15.8. The Bertz CT molecular complexity index is 454. The average Bonchev–Trinajstić information content (AvgIpc) is 2.64. The Morgan fingerprint density at radius 3 is 2.12 bits per heavy atom. The number of likely N-dealkylation sites (tertiary alicyclic amines) is 1. The van der Waals surface area contributed by atoms with Crippen molar-refractivity contribution in [3.8, 4) is 0 Å². The van der Waals surface area contributed by atoms with Crippen molar-refractivity contribution in [2.45, 2.75) is 89.6 Å². The molecule has 2 saturated carbocycles. The summed E-state index contributed by atoms with van der Waals surface area (Å²) < 4.78 is 0. The quantitative estimate of drug-likeness (QED) is 0.820. The Hall–Kier alpha value is -1.26. The number of hydrogen-bond donors (Lipinski definition) is 2. The van der Waals surface area contributed by atoms with Crippen molar-refractivity contribution in [2.24, 2.45) is 11.8 Å². The zero-order chi connectivity index (χ0) is 17.6. The SMILES string of the molecule is C[C@H]1CCCC[C@@H]1NC(=O)C1CCN(C(=O)NC2CCCCC2)CC1.